The monoisotopic (exact) mass is 301 g/mol. The number of benzene rings is 1. The van der Waals surface area contributed by atoms with Crippen LogP contribution in [0.25, 0.3) is 11.5 Å². The third kappa shape index (κ3) is 2.87. The van der Waals surface area contributed by atoms with Crippen LogP contribution in [0.5, 0.6) is 0 Å². The molecule has 3 rings (SSSR count). The molecule has 6 heteroatoms. The van der Waals surface area contributed by atoms with Gasteiger partial charge in [-0.25, -0.2) is 0 Å². The topological polar surface area (TPSA) is 88.2 Å². The van der Waals surface area contributed by atoms with Crippen molar-refractivity contribution in [2.75, 3.05) is 0 Å². The summed E-state index contributed by atoms with van der Waals surface area (Å²) < 4.78 is 5.23. The lowest BCUT2D eigenvalue weighted by molar-refractivity contribution is -0.139. The molecule has 0 spiro atoms. The summed E-state index contributed by atoms with van der Waals surface area (Å²) >= 11 is 0. The summed E-state index contributed by atoms with van der Waals surface area (Å²) in [6, 6.07) is 9.02. The number of carbonyl (C=O) groups excluding carboxylic acids is 1. The zero-order valence-corrected chi connectivity index (χ0v) is 12.5. The van der Waals surface area contributed by atoms with Crippen molar-refractivity contribution in [2.24, 2.45) is 0 Å². The third-order valence-corrected chi connectivity index (χ3v) is 4.05. The number of hydrogen-bond donors (Lipinski definition) is 2. The number of carbonyl (C=O) groups is 1. The van der Waals surface area contributed by atoms with Crippen LogP contribution in [0.2, 0.25) is 0 Å². The number of nitrogens with one attached hydrogen (secondary N) is 1. The maximum Gasteiger partial charge on any atom is 0.257 e. The predicted molar refractivity (Wildman–Crippen MR) is 79.7 cm³/mol. The van der Waals surface area contributed by atoms with Gasteiger partial charge in [-0.05, 0) is 44.7 Å². The second-order valence-corrected chi connectivity index (χ2v) is 5.76. The van der Waals surface area contributed by atoms with E-state index in [-0.39, 0.29) is 5.91 Å². The van der Waals surface area contributed by atoms with E-state index in [2.05, 4.69) is 15.5 Å². The molecule has 0 radical (unpaired) electrons. The van der Waals surface area contributed by atoms with Crippen molar-refractivity contribution in [2.45, 2.75) is 44.2 Å². The summed E-state index contributed by atoms with van der Waals surface area (Å²) in [5, 5.41) is 16.9. The van der Waals surface area contributed by atoms with E-state index in [1.807, 2.05) is 30.3 Å². The molecule has 0 unspecified atom stereocenters. The first-order valence-electron chi connectivity index (χ1n) is 7.51. The molecule has 1 aromatic carbocycles. The molecule has 1 amide bonds. The van der Waals surface area contributed by atoms with Crippen molar-refractivity contribution in [1.82, 2.24) is 15.5 Å². The molecule has 0 aliphatic heterocycles. The SMILES string of the molecule is C[C@H](NC(=O)C1(O)CCCC1)c1noc(-c2ccccc2)n1. The van der Waals surface area contributed by atoms with Gasteiger partial charge in [0, 0.05) is 5.56 Å². The van der Waals surface area contributed by atoms with E-state index in [0.717, 1.165) is 18.4 Å². The van der Waals surface area contributed by atoms with Gasteiger partial charge in [-0.15, -0.1) is 0 Å². The lowest BCUT2D eigenvalue weighted by atomic mass is 10.0. The van der Waals surface area contributed by atoms with Gasteiger partial charge < -0.3 is 14.9 Å². The van der Waals surface area contributed by atoms with Crippen molar-refractivity contribution < 1.29 is 14.4 Å². The number of hydrogen-bond acceptors (Lipinski definition) is 5. The molecule has 1 atom stereocenters. The average Bonchev–Trinajstić information content (AvgIpc) is 3.18. The van der Waals surface area contributed by atoms with Crippen LogP contribution in [0.4, 0.5) is 0 Å². The molecule has 116 valence electrons. The molecular formula is C16H19N3O3. The van der Waals surface area contributed by atoms with Crippen molar-refractivity contribution in [3.8, 4) is 11.5 Å². The highest BCUT2D eigenvalue weighted by molar-refractivity contribution is 5.85. The lowest BCUT2D eigenvalue weighted by Gasteiger charge is -2.22. The molecule has 2 aromatic rings. The number of rotatable bonds is 4. The van der Waals surface area contributed by atoms with E-state index < -0.39 is 11.6 Å². The van der Waals surface area contributed by atoms with E-state index >= 15 is 0 Å². The van der Waals surface area contributed by atoms with E-state index in [1.54, 1.807) is 6.92 Å². The van der Waals surface area contributed by atoms with Crippen molar-refractivity contribution in [3.63, 3.8) is 0 Å². The first kappa shape index (κ1) is 14.7. The first-order chi connectivity index (χ1) is 10.6. The van der Waals surface area contributed by atoms with Gasteiger partial charge >= 0.3 is 0 Å². The highest BCUT2D eigenvalue weighted by Gasteiger charge is 2.39. The van der Waals surface area contributed by atoms with Crippen LogP contribution < -0.4 is 5.32 Å². The van der Waals surface area contributed by atoms with Crippen molar-refractivity contribution in [1.29, 1.82) is 0 Å². The van der Waals surface area contributed by atoms with Gasteiger partial charge in [0.05, 0.1) is 6.04 Å². The Morgan fingerprint density at radius 2 is 2.00 bits per heavy atom. The van der Waals surface area contributed by atoms with Crippen LogP contribution >= 0.6 is 0 Å². The molecule has 6 nitrogen and oxygen atoms in total. The Morgan fingerprint density at radius 1 is 1.32 bits per heavy atom. The van der Waals surface area contributed by atoms with E-state index in [0.29, 0.717) is 24.6 Å². The Bertz CT molecular complexity index is 648. The maximum atomic E-state index is 12.2. The zero-order chi connectivity index (χ0) is 15.6. The second-order valence-electron chi connectivity index (χ2n) is 5.76. The van der Waals surface area contributed by atoms with Gasteiger partial charge in [-0.1, -0.05) is 23.4 Å². The van der Waals surface area contributed by atoms with Gasteiger partial charge in [0.1, 0.15) is 5.60 Å². The zero-order valence-electron chi connectivity index (χ0n) is 12.5. The van der Waals surface area contributed by atoms with Crippen LogP contribution in [0.15, 0.2) is 34.9 Å². The summed E-state index contributed by atoms with van der Waals surface area (Å²) in [6.07, 6.45) is 2.76. The molecule has 1 aromatic heterocycles. The van der Waals surface area contributed by atoms with Crippen LogP contribution in [-0.2, 0) is 4.79 Å². The molecule has 1 saturated carbocycles. The maximum absolute atomic E-state index is 12.2. The molecule has 1 aliphatic carbocycles. The minimum absolute atomic E-state index is 0.358. The molecule has 1 heterocycles. The van der Waals surface area contributed by atoms with Crippen LogP contribution in [0, 0.1) is 0 Å². The number of amides is 1. The minimum Gasteiger partial charge on any atom is -0.380 e. The average molecular weight is 301 g/mol. The Balaban J connectivity index is 1.69. The lowest BCUT2D eigenvalue weighted by Crippen LogP contribution is -2.45. The highest BCUT2D eigenvalue weighted by Crippen LogP contribution is 2.30. The van der Waals surface area contributed by atoms with E-state index in [9.17, 15) is 9.90 Å². The fourth-order valence-corrected chi connectivity index (χ4v) is 2.69. The first-order valence-corrected chi connectivity index (χ1v) is 7.51. The van der Waals surface area contributed by atoms with Gasteiger partial charge in [-0.3, -0.25) is 4.79 Å². The Kier molecular flexibility index (Phi) is 3.94. The smallest absolute Gasteiger partial charge is 0.257 e. The van der Waals surface area contributed by atoms with Crippen LogP contribution in [-0.4, -0.2) is 26.8 Å². The van der Waals surface area contributed by atoms with E-state index in [1.165, 1.54) is 0 Å². The summed E-state index contributed by atoms with van der Waals surface area (Å²) in [7, 11) is 0. The van der Waals surface area contributed by atoms with Gasteiger partial charge in [0.2, 0.25) is 0 Å². The van der Waals surface area contributed by atoms with E-state index in [4.69, 9.17) is 4.52 Å². The summed E-state index contributed by atoms with van der Waals surface area (Å²) in [5.41, 5.74) is -0.422. The molecule has 0 saturated heterocycles. The normalized spacial score (nSPS) is 18.1. The molecule has 22 heavy (non-hydrogen) atoms. The quantitative estimate of drug-likeness (QED) is 0.904. The largest absolute Gasteiger partial charge is 0.380 e. The predicted octanol–water partition coefficient (Wildman–Crippen LogP) is 2.22. The third-order valence-electron chi connectivity index (χ3n) is 4.05. The molecule has 1 fully saturated rings. The van der Waals surface area contributed by atoms with Crippen molar-refractivity contribution in [3.05, 3.63) is 36.2 Å². The molecular weight excluding hydrogens is 282 g/mol. The Labute approximate surface area is 128 Å². The Morgan fingerprint density at radius 3 is 2.68 bits per heavy atom. The minimum atomic E-state index is -1.25. The summed E-state index contributed by atoms with van der Waals surface area (Å²) in [5.74, 6) is 0.452. The summed E-state index contributed by atoms with van der Waals surface area (Å²) in [6.45, 7) is 1.77. The van der Waals surface area contributed by atoms with Gasteiger partial charge in [-0.2, -0.15) is 4.98 Å². The number of nitrogens with zero attached hydrogens (tertiary/aromatic N) is 2. The standard InChI is InChI=1S/C16H19N3O3/c1-11(17-15(20)16(21)9-5-6-10-16)13-18-14(22-19-13)12-7-3-2-4-8-12/h2-4,7-8,11,21H,5-6,9-10H2,1H3,(H,17,20)/t11-/m0/s1. The van der Waals surface area contributed by atoms with Crippen LogP contribution in [0.1, 0.15) is 44.5 Å². The number of aromatic nitrogens is 2. The van der Waals surface area contributed by atoms with Crippen molar-refractivity contribution >= 4 is 5.91 Å². The second kappa shape index (κ2) is 5.88. The highest BCUT2D eigenvalue weighted by atomic mass is 16.5. The van der Waals surface area contributed by atoms with Crippen LogP contribution in [0.3, 0.4) is 0 Å². The molecule has 0 bridgehead atoms. The Hall–Kier alpha value is -2.21. The van der Waals surface area contributed by atoms with Gasteiger partial charge in [0.15, 0.2) is 5.82 Å². The number of aliphatic hydroxyl groups is 1. The fourth-order valence-electron chi connectivity index (χ4n) is 2.69. The van der Waals surface area contributed by atoms with Gasteiger partial charge in [0.25, 0.3) is 11.8 Å². The molecule has 2 N–H and O–H groups in total. The summed E-state index contributed by atoms with van der Waals surface area (Å²) in [4.78, 5) is 16.5. The fraction of sp³-hybridized carbons (Fsp3) is 0.438. The molecule has 1 aliphatic rings.